The van der Waals surface area contributed by atoms with E-state index in [0.29, 0.717) is 24.4 Å². The summed E-state index contributed by atoms with van der Waals surface area (Å²) in [5, 5.41) is 8.86. The van der Waals surface area contributed by atoms with Crippen LogP contribution < -0.4 is 4.72 Å². The summed E-state index contributed by atoms with van der Waals surface area (Å²) in [4.78, 5) is 1.96. The molecule has 1 aromatic rings. The first kappa shape index (κ1) is 15.8. The minimum absolute atomic E-state index is 0.200. The van der Waals surface area contributed by atoms with Crippen molar-refractivity contribution in [2.45, 2.75) is 45.1 Å². The Morgan fingerprint density at radius 2 is 1.81 bits per heavy atom. The predicted octanol–water partition coefficient (Wildman–Crippen LogP) is 1.75. The number of nitrogens with zero attached hydrogens (tertiary/aromatic N) is 2. The summed E-state index contributed by atoms with van der Waals surface area (Å²) in [5.74, 6) is 0. The first-order valence-electron chi connectivity index (χ1n) is 7.00. The number of sulfonamides is 1. The SMILES string of the molecule is Cc1cc(C)c(C)c(S(=O)(=O)NC2CCN(C#N)C2)c1C. The van der Waals surface area contributed by atoms with Crippen molar-refractivity contribution >= 4 is 10.0 Å². The highest BCUT2D eigenvalue weighted by atomic mass is 32.2. The van der Waals surface area contributed by atoms with E-state index in [1.54, 1.807) is 4.90 Å². The van der Waals surface area contributed by atoms with Gasteiger partial charge in [0, 0.05) is 19.1 Å². The smallest absolute Gasteiger partial charge is 0.241 e. The van der Waals surface area contributed by atoms with E-state index in [1.807, 2.05) is 33.8 Å². The van der Waals surface area contributed by atoms with Crippen molar-refractivity contribution in [1.82, 2.24) is 9.62 Å². The largest absolute Gasteiger partial charge is 0.309 e. The van der Waals surface area contributed by atoms with Crippen LogP contribution >= 0.6 is 0 Å². The number of benzene rings is 1. The van der Waals surface area contributed by atoms with Crippen LogP contribution in [0.4, 0.5) is 0 Å². The molecule has 0 aliphatic carbocycles. The van der Waals surface area contributed by atoms with Gasteiger partial charge in [0.25, 0.3) is 0 Å². The van der Waals surface area contributed by atoms with Gasteiger partial charge in [-0.25, -0.2) is 13.1 Å². The van der Waals surface area contributed by atoms with Crippen LogP contribution in [0, 0.1) is 39.1 Å². The molecule has 0 saturated carbocycles. The number of rotatable bonds is 3. The zero-order chi connectivity index (χ0) is 15.8. The Balaban J connectivity index is 2.35. The third-order valence-corrected chi connectivity index (χ3v) is 6.01. The second-order valence-electron chi connectivity index (χ2n) is 5.74. The lowest BCUT2D eigenvalue weighted by Gasteiger charge is -2.18. The lowest BCUT2D eigenvalue weighted by molar-refractivity contribution is 0.470. The minimum atomic E-state index is -3.57. The fourth-order valence-corrected chi connectivity index (χ4v) is 4.69. The average molecular weight is 307 g/mol. The van der Waals surface area contributed by atoms with Gasteiger partial charge in [-0.1, -0.05) is 6.07 Å². The normalized spacial score (nSPS) is 18.8. The van der Waals surface area contributed by atoms with E-state index in [2.05, 4.69) is 10.9 Å². The van der Waals surface area contributed by atoms with Crippen LogP contribution in [0.5, 0.6) is 0 Å². The number of hydrogen-bond acceptors (Lipinski definition) is 4. The van der Waals surface area contributed by atoms with Crippen LogP contribution in [-0.4, -0.2) is 32.4 Å². The van der Waals surface area contributed by atoms with Crippen molar-refractivity contribution in [2.75, 3.05) is 13.1 Å². The predicted molar refractivity (Wildman–Crippen MR) is 81.3 cm³/mol. The van der Waals surface area contributed by atoms with E-state index in [0.717, 1.165) is 22.3 Å². The van der Waals surface area contributed by atoms with Crippen molar-refractivity contribution in [3.05, 3.63) is 28.3 Å². The molecule has 21 heavy (non-hydrogen) atoms. The second-order valence-corrected chi connectivity index (χ2v) is 7.39. The molecule has 1 atom stereocenters. The Morgan fingerprint density at radius 1 is 1.24 bits per heavy atom. The lowest BCUT2D eigenvalue weighted by atomic mass is 10.0. The van der Waals surface area contributed by atoms with Gasteiger partial charge in [-0.05, 0) is 56.4 Å². The first-order chi connectivity index (χ1) is 9.76. The van der Waals surface area contributed by atoms with Gasteiger partial charge < -0.3 is 4.90 Å². The molecule has 1 saturated heterocycles. The summed E-state index contributed by atoms with van der Waals surface area (Å²) >= 11 is 0. The van der Waals surface area contributed by atoms with Crippen LogP contribution in [0.25, 0.3) is 0 Å². The molecule has 1 aromatic carbocycles. The number of nitrogens with one attached hydrogen (secondary N) is 1. The van der Waals surface area contributed by atoms with Crippen molar-refractivity contribution in [3.63, 3.8) is 0 Å². The van der Waals surface area contributed by atoms with Crippen LogP contribution in [0.1, 0.15) is 28.7 Å². The molecule has 1 N–H and O–H groups in total. The van der Waals surface area contributed by atoms with E-state index in [4.69, 9.17) is 5.26 Å². The third-order valence-electron chi connectivity index (χ3n) is 4.22. The maximum atomic E-state index is 12.7. The van der Waals surface area contributed by atoms with Crippen LogP contribution in [0.3, 0.4) is 0 Å². The third kappa shape index (κ3) is 3.04. The molecular formula is C15H21N3O2S. The summed E-state index contributed by atoms with van der Waals surface area (Å²) in [5.41, 5.74) is 3.54. The van der Waals surface area contributed by atoms with Gasteiger partial charge in [0.2, 0.25) is 10.0 Å². The van der Waals surface area contributed by atoms with E-state index in [-0.39, 0.29) is 6.04 Å². The number of likely N-dealkylation sites (tertiary alicyclic amines) is 1. The summed E-state index contributed by atoms with van der Waals surface area (Å²) in [6, 6.07) is 1.81. The number of nitriles is 1. The molecular weight excluding hydrogens is 286 g/mol. The Labute approximate surface area is 126 Å². The molecule has 1 aliphatic heterocycles. The van der Waals surface area contributed by atoms with E-state index < -0.39 is 10.0 Å². The molecule has 1 fully saturated rings. The Bertz CT molecular complexity index is 678. The van der Waals surface area contributed by atoms with Crippen molar-refractivity contribution in [2.24, 2.45) is 0 Å². The van der Waals surface area contributed by atoms with Crippen LogP contribution in [-0.2, 0) is 10.0 Å². The molecule has 5 nitrogen and oxygen atoms in total. The monoisotopic (exact) mass is 307 g/mol. The quantitative estimate of drug-likeness (QED) is 0.864. The standard InChI is InChI=1S/C15H21N3O2S/c1-10-7-11(2)13(4)15(12(10)3)21(19,20)17-14-5-6-18(8-14)9-16/h7,14,17H,5-6,8H2,1-4H3. The lowest BCUT2D eigenvalue weighted by Crippen LogP contribution is -2.37. The van der Waals surface area contributed by atoms with Crippen LogP contribution in [0.15, 0.2) is 11.0 Å². The minimum Gasteiger partial charge on any atom is -0.309 e. The number of hydrogen-bond donors (Lipinski definition) is 1. The summed E-state index contributed by atoms with van der Waals surface area (Å²) < 4.78 is 28.2. The molecule has 0 amide bonds. The van der Waals surface area contributed by atoms with Crippen molar-refractivity contribution < 1.29 is 8.42 Å². The van der Waals surface area contributed by atoms with Gasteiger partial charge in [0.1, 0.15) is 0 Å². The summed E-state index contributed by atoms with van der Waals surface area (Å²) in [6.45, 7) is 8.58. The molecule has 0 bridgehead atoms. The van der Waals surface area contributed by atoms with E-state index in [1.165, 1.54) is 0 Å². The molecule has 114 valence electrons. The van der Waals surface area contributed by atoms with Gasteiger partial charge in [-0.15, -0.1) is 0 Å². The second kappa shape index (κ2) is 5.66. The van der Waals surface area contributed by atoms with Gasteiger partial charge in [0.05, 0.1) is 4.90 Å². The van der Waals surface area contributed by atoms with Crippen LogP contribution in [0.2, 0.25) is 0 Å². The Kier molecular flexibility index (Phi) is 4.26. The highest BCUT2D eigenvalue weighted by molar-refractivity contribution is 7.89. The molecule has 1 unspecified atom stereocenters. The highest BCUT2D eigenvalue weighted by Crippen LogP contribution is 2.26. The molecule has 0 spiro atoms. The highest BCUT2D eigenvalue weighted by Gasteiger charge is 2.29. The first-order valence-corrected chi connectivity index (χ1v) is 8.49. The van der Waals surface area contributed by atoms with E-state index >= 15 is 0 Å². The Morgan fingerprint density at radius 3 is 2.29 bits per heavy atom. The molecule has 6 heteroatoms. The zero-order valence-electron chi connectivity index (χ0n) is 12.9. The Hall–Kier alpha value is -1.58. The van der Waals surface area contributed by atoms with Gasteiger partial charge >= 0.3 is 0 Å². The van der Waals surface area contributed by atoms with Gasteiger partial charge in [0.15, 0.2) is 6.19 Å². The maximum absolute atomic E-state index is 12.7. The van der Waals surface area contributed by atoms with Gasteiger partial charge in [-0.2, -0.15) is 5.26 Å². The molecule has 1 aliphatic rings. The van der Waals surface area contributed by atoms with E-state index in [9.17, 15) is 8.42 Å². The fourth-order valence-electron chi connectivity index (χ4n) is 2.81. The average Bonchev–Trinajstić information content (AvgIpc) is 2.83. The van der Waals surface area contributed by atoms with Crippen molar-refractivity contribution in [3.8, 4) is 6.19 Å². The van der Waals surface area contributed by atoms with Crippen molar-refractivity contribution in [1.29, 1.82) is 5.26 Å². The molecule has 0 radical (unpaired) electrons. The zero-order valence-corrected chi connectivity index (χ0v) is 13.7. The molecule has 0 aromatic heterocycles. The maximum Gasteiger partial charge on any atom is 0.241 e. The summed E-state index contributed by atoms with van der Waals surface area (Å²) in [6.07, 6.45) is 2.72. The topological polar surface area (TPSA) is 73.2 Å². The number of aryl methyl sites for hydroxylation is 2. The summed E-state index contributed by atoms with van der Waals surface area (Å²) in [7, 11) is -3.57. The fraction of sp³-hybridized carbons (Fsp3) is 0.533. The van der Waals surface area contributed by atoms with Gasteiger partial charge in [-0.3, -0.25) is 0 Å². The molecule has 1 heterocycles. The molecule has 2 rings (SSSR count).